The molecule has 0 heterocycles. The Hall–Kier alpha value is -0.480. The molecule has 0 fully saturated rings. The Balaban J connectivity index is 2.94. The van der Waals surface area contributed by atoms with Gasteiger partial charge in [-0.15, -0.1) is 0 Å². The summed E-state index contributed by atoms with van der Waals surface area (Å²) in [4.78, 5) is 0. The first-order valence-electron chi connectivity index (χ1n) is 3.89. The van der Waals surface area contributed by atoms with Gasteiger partial charge in [0.05, 0.1) is 0 Å². The van der Waals surface area contributed by atoms with E-state index in [0.717, 1.165) is 10.0 Å². The maximum atomic E-state index is 12.1. The molecule has 0 atom stereocenters. The van der Waals surface area contributed by atoms with Crippen LogP contribution in [0.4, 0.5) is 8.78 Å². The highest BCUT2D eigenvalue weighted by Gasteiger charge is 2.08. The maximum Gasteiger partial charge on any atom is 0.242 e. The third-order valence-electron chi connectivity index (χ3n) is 1.76. The van der Waals surface area contributed by atoms with Crippen molar-refractivity contribution in [2.24, 2.45) is 5.73 Å². The van der Waals surface area contributed by atoms with E-state index in [0.29, 0.717) is 12.1 Å². The minimum Gasteiger partial charge on any atom is -0.326 e. The molecule has 2 N–H and O–H groups in total. The summed E-state index contributed by atoms with van der Waals surface area (Å²) in [5, 5.41) is 0. The summed E-state index contributed by atoms with van der Waals surface area (Å²) in [5.41, 5.74) is 6.81. The molecule has 1 aromatic rings. The highest BCUT2D eigenvalue weighted by Crippen LogP contribution is 2.18. The lowest BCUT2D eigenvalue weighted by Gasteiger charge is -2.07. The number of nitrogens with two attached hydrogens (primary N) is 1. The van der Waals surface area contributed by atoms with Crippen LogP contribution in [-0.4, -0.2) is 6.43 Å². The molecule has 1 rings (SSSR count). The molecule has 4 heteroatoms. The molecule has 1 nitrogen and oxygen atoms in total. The summed E-state index contributed by atoms with van der Waals surface area (Å²) in [6.07, 6.45) is -2.55. The quantitative estimate of drug-likeness (QED) is 0.876. The summed E-state index contributed by atoms with van der Waals surface area (Å²) in [6.45, 7) is 0.301. The number of alkyl halides is 2. The maximum absolute atomic E-state index is 12.1. The first kappa shape index (κ1) is 10.6. The van der Waals surface area contributed by atoms with Gasteiger partial charge in [0.25, 0.3) is 0 Å². The monoisotopic (exact) mass is 249 g/mol. The van der Waals surface area contributed by atoms with Crippen LogP contribution in [0.5, 0.6) is 0 Å². The molecule has 13 heavy (non-hydrogen) atoms. The predicted octanol–water partition coefficient (Wildman–Crippen LogP) is 2.72. The van der Waals surface area contributed by atoms with Crippen LogP contribution in [0, 0.1) is 0 Å². The van der Waals surface area contributed by atoms with Gasteiger partial charge in [0, 0.05) is 17.4 Å². The van der Waals surface area contributed by atoms with Gasteiger partial charge in [0.2, 0.25) is 6.43 Å². The topological polar surface area (TPSA) is 26.0 Å². The van der Waals surface area contributed by atoms with E-state index in [9.17, 15) is 8.78 Å². The van der Waals surface area contributed by atoms with E-state index in [1.807, 2.05) is 0 Å². The second-order valence-electron chi connectivity index (χ2n) is 2.71. The third-order valence-corrected chi connectivity index (χ3v) is 2.26. The number of benzene rings is 1. The number of hydrogen-bond donors (Lipinski definition) is 1. The summed E-state index contributed by atoms with van der Waals surface area (Å²) in [7, 11) is 0. The zero-order chi connectivity index (χ0) is 9.84. The fraction of sp³-hybridized carbons (Fsp3) is 0.333. The first-order valence-corrected chi connectivity index (χ1v) is 4.68. The SMILES string of the molecule is NCc1ccc(Br)cc1CC(F)F. The fourth-order valence-corrected chi connectivity index (χ4v) is 1.56. The smallest absolute Gasteiger partial charge is 0.242 e. The Morgan fingerprint density at radius 3 is 2.54 bits per heavy atom. The lowest BCUT2D eigenvalue weighted by atomic mass is 10.1. The number of hydrogen-bond acceptors (Lipinski definition) is 1. The Kier molecular flexibility index (Phi) is 3.81. The molecule has 72 valence electrons. The van der Waals surface area contributed by atoms with E-state index >= 15 is 0 Å². The van der Waals surface area contributed by atoms with Gasteiger partial charge >= 0.3 is 0 Å². The van der Waals surface area contributed by atoms with Crippen molar-refractivity contribution in [2.75, 3.05) is 0 Å². The van der Waals surface area contributed by atoms with E-state index < -0.39 is 6.43 Å². The molecule has 0 saturated heterocycles. The standard InChI is InChI=1S/C9H10BrF2N/c10-8-2-1-6(5-13)7(3-8)4-9(11)12/h1-3,9H,4-5,13H2. The first-order chi connectivity index (χ1) is 6.13. The van der Waals surface area contributed by atoms with Crippen LogP contribution in [0.3, 0.4) is 0 Å². The van der Waals surface area contributed by atoms with Crippen LogP contribution in [0.2, 0.25) is 0 Å². The molecule has 0 aromatic heterocycles. The van der Waals surface area contributed by atoms with Crippen LogP contribution < -0.4 is 5.73 Å². The molecule has 0 aliphatic rings. The van der Waals surface area contributed by atoms with Gasteiger partial charge in [0.15, 0.2) is 0 Å². The van der Waals surface area contributed by atoms with Gasteiger partial charge in [-0.05, 0) is 23.3 Å². The molecule has 0 amide bonds. The molecule has 0 aliphatic carbocycles. The minimum absolute atomic E-state index is 0.230. The normalized spacial score (nSPS) is 10.8. The molecular formula is C9H10BrF2N. The molecule has 0 spiro atoms. The Labute approximate surface area is 84.1 Å². The average molecular weight is 250 g/mol. The Morgan fingerprint density at radius 1 is 1.31 bits per heavy atom. The summed E-state index contributed by atoms with van der Waals surface area (Å²) >= 11 is 3.23. The van der Waals surface area contributed by atoms with Crippen molar-refractivity contribution in [3.8, 4) is 0 Å². The summed E-state index contributed by atoms with van der Waals surface area (Å²) in [6, 6.07) is 5.26. The minimum atomic E-state index is -2.32. The van der Waals surface area contributed by atoms with Crippen molar-refractivity contribution in [1.29, 1.82) is 0 Å². The van der Waals surface area contributed by atoms with Crippen LogP contribution in [0.1, 0.15) is 11.1 Å². The molecule has 0 saturated carbocycles. The van der Waals surface area contributed by atoms with E-state index in [2.05, 4.69) is 15.9 Å². The Bertz CT molecular complexity index is 289. The predicted molar refractivity (Wildman–Crippen MR) is 51.7 cm³/mol. The highest BCUT2D eigenvalue weighted by molar-refractivity contribution is 9.10. The summed E-state index contributed by atoms with van der Waals surface area (Å²) in [5.74, 6) is 0. The molecular weight excluding hydrogens is 240 g/mol. The number of halogens is 3. The van der Waals surface area contributed by atoms with Gasteiger partial charge < -0.3 is 5.73 Å². The molecule has 0 bridgehead atoms. The highest BCUT2D eigenvalue weighted by atomic mass is 79.9. The third kappa shape index (κ3) is 3.04. The average Bonchev–Trinajstić information content (AvgIpc) is 2.03. The van der Waals surface area contributed by atoms with Crippen molar-refractivity contribution in [2.45, 2.75) is 19.4 Å². The number of rotatable bonds is 3. The molecule has 1 aromatic carbocycles. The van der Waals surface area contributed by atoms with Crippen LogP contribution in [0.15, 0.2) is 22.7 Å². The van der Waals surface area contributed by atoms with E-state index in [4.69, 9.17) is 5.73 Å². The molecule has 0 aliphatic heterocycles. The van der Waals surface area contributed by atoms with Crippen molar-refractivity contribution in [3.63, 3.8) is 0 Å². The van der Waals surface area contributed by atoms with Crippen molar-refractivity contribution >= 4 is 15.9 Å². The summed E-state index contributed by atoms with van der Waals surface area (Å²) < 4.78 is 25.0. The zero-order valence-corrected chi connectivity index (χ0v) is 8.52. The van der Waals surface area contributed by atoms with E-state index in [-0.39, 0.29) is 6.42 Å². The fourth-order valence-electron chi connectivity index (χ4n) is 1.15. The van der Waals surface area contributed by atoms with Gasteiger partial charge in [0.1, 0.15) is 0 Å². The second kappa shape index (κ2) is 4.67. The van der Waals surface area contributed by atoms with Crippen LogP contribution in [0.25, 0.3) is 0 Å². The van der Waals surface area contributed by atoms with Crippen molar-refractivity contribution in [3.05, 3.63) is 33.8 Å². The lowest BCUT2D eigenvalue weighted by Crippen LogP contribution is -2.05. The van der Waals surface area contributed by atoms with Crippen molar-refractivity contribution < 1.29 is 8.78 Å². The van der Waals surface area contributed by atoms with Gasteiger partial charge in [-0.3, -0.25) is 0 Å². The lowest BCUT2D eigenvalue weighted by molar-refractivity contribution is 0.149. The van der Waals surface area contributed by atoms with E-state index in [1.54, 1.807) is 18.2 Å². The zero-order valence-electron chi connectivity index (χ0n) is 6.93. The molecule has 0 unspecified atom stereocenters. The largest absolute Gasteiger partial charge is 0.326 e. The van der Waals surface area contributed by atoms with E-state index in [1.165, 1.54) is 0 Å². The second-order valence-corrected chi connectivity index (χ2v) is 3.63. The van der Waals surface area contributed by atoms with Crippen molar-refractivity contribution in [1.82, 2.24) is 0 Å². The van der Waals surface area contributed by atoms with Crippen LogP contribution >= 0.6 is 15.9 Å². The van der Waals surface area contributed by atoms with Gasteiger partial charge in [-0.2, -0.15) is 0 Å². The van der Waals surface area contributed by atoms with Gasteiger partial charge in [-0.1, -0.05) is 22.0 Å². The molecule has 0 radical (unpaired) electrons. The van der Waals surface area contributed by atoms with Gasteiger partial charge in [-0.25, -0.2) is 8.78 Å². The Morgan fingerprint density at radius 2 is 2.00 bits per heavy atom. The van der Waals surface area contributed by atoms with Crippen LogP contribution in [-0.2, 0) is 13.0 Å².